The lowest BCUT2D eigenvalue weighted by Crippen LogP contribution is -2.41. The lowest BCUT2D eigenvalue weighted by molar-refractivity contribution is 0.133. The van der Waals surface area contributed by atoms with E-state index in [1.807, 2.05) is 24.8 Å². The standard InChI is InChI=1S/C16H22N4/c1-14-5-9-19(10-6-15-4-2-3-7-18-15)12-16(14)20-11-8-17-13-20/h2-4,7-8,11,13-14,16H,5-6,9-10,12H2,1H3. The highest BCUT2D eigenvalue weighted by atomic mass is 15.2. The zero-order chi connectivity index (χ0) is 13.8. The van der Waals surface area contributed by atoms with Gasteiger partial charge in [-0.05, 0) is 31.0 Å². The predicted octanol–water partition coefficient (Wildman–Crippen LogP) is 2.40. The number of hydrogen-bond donors (Lipinski definition) is 0. The number of imidazole rings is 1. The fourth-order valence-electron chi connectivity index (χ4n) is 2.99. The van der Waals surface area contributed by atoms with Crippen molar-refractivity contribution >= 4 is 0 Å². The molecule has 0 spiro atoms. The van der Waals surface area contributed by atoms with Crippen molar-refractivity contribution in [3.8, 4) is 0 Å². The number of likely N-dealkylation sites (tertiary alicyclic amines) is 1. The Hall–Kier alpha value is -1.68. The van der Waals surface area contributed by atoms with E-state index in [4.69, 9.17) is 0 Å². The summed E-state index contributed by atoms with van der Waals surface area (Å²) in [7, 11) is 0. The zero-order valence-electron chi connectivity index (χ0n) is 12.0. The SMILES string of the molecule is CC1CCN(CCc2ccccn2)CC1n1ccnc1. The van der Waals surface area contributed by atoms with E-state index in [1.54, 1.807) is 0 Å². The molecule has 20 heavy (non-hydrogen) atoms. The van der Waals surface area contributed by atoms with Gasteiger partial charge in [0.1, 0.15) is 0 Å². The van der Waals surface area contributed by atoms with Gasteiger partial charge in [-0.25, -0.2) is 4.98 Å². The maximum Gasteiger partial charge on any atom is 0.0949 e. The summed E-state index contributed by atoms with van der Waals surface area (Å²) in [6.07, 6.45) is 10.1. The quantitative estimate of drug-likeness (QED) is 0.855. The molecule has 0 radical (unpaired) electrons. The van der Waals surface area contributed by atoms with Crippen molar-refractivity contribution in [2.24, 2.45) is 5.92 Å². The molecule has 0 aromatic carbocycles. The first kappa shape index (κ1) is 13.3. The molecule has 2 aromatic rings. The Morgan fingerprint density at radius 2 is 2.25 bits per heavy atom. The molecule has 106 valence electrons. The number of aromatic nitrogens is 3. The van der Waals surface area contributed by atoms with Crippen LogP contribution in [-0.2, 0) is 6.42 Å². The third-order valence-electron chi connectivity index (χ3n) is 4.32. The molecule has 2 aromatic heterocycles. The van der Waals surface area contributed by atoms with Gasteiger partial charge >= 0.3 is 0 Å². The van der Waals surface area contributed by atoms with Crippen molar-refractivity contribution in [3.63, 3.8) is 0 Å². The minimum atomic E-state index is 0.551. The second-order valence-corrected chi connectivity index (χ2v) is 5.71. The van der Waals surface area contributed by atoms with Crippen LogP contribution in [0.5, 0.6) is 0 Å². The van der Waals surface area contributed by atoms with E-state index in [-0.39, 0.29) is 0 Å². The maximum absolute atomic E-state index is 4.41. The summed E-state index contributed by atoms with van der Waals surface area (Å²) >= 11 is 0. The lowest BCUT2D eigenvalue weighted by Gasteiger charge is -2.37. The Labute approximate surface area is 120 Å². The molecular weight excluding hydrogens is 248 g/mol. The maximum atomic E-state index is 4.41. The minimum absolute atomic E-state index is 0.551. The molecule has 1 aliphatic heterocycles. The molecule has 3 heterocycles. The van der Waals surface area contributed by atoms with Gasteiger partial charge in [0.05, 0.1) is 6.33 Å². The smallest absolute Gasteiger partial charge is 0.0949 e. The molecule has 2 atom stereocenters. The normalized spacial score (nSPS) is 23.9. The van der Waals surface area contributed by atoms with Crippen molar-refractivity contribution in [1.29, 1.82) is 0 Å². The molecule has 3 rings (SSSR count). The Balaban J connectivity index is 1.58. The van der Waals surface area contributed by atoms with Gasteiger partial charge in [0, 0.05) is 49.8 Å². The average Bonchev–Trinajstić information content (AvgIpc) is 3.01. The van der Waals surface area contributed by atoms with Crippen LogP contribution in [-0.4, -0.2) is 39.1 Å². The predicted molar refractivity (Wildman–Crippen MR) is 79.4 cm³/mol. The number of pyridine rings is 1. The highest BCUT2D eigenvalue weighted by Crippen LogP contribution is 2.27. The highest BCUT2D eigenvalue weighted by Gasteiger charge is 2.26. The summed E-state index contributed by atoms with van der Waals surface area (Å²) in [4.78, 5) is 11.1. The van der Waals surface area contributed by atoms with Crippen LogP contribution in [0.25, 0.3) is 0 Å². The molecule has 0 saturated carbocycles. The molecular formula is C16H22N4. The van der Waals surface area contributed by atoms with Gasteiger partial charge in [-0.2, -0.15) is 0 Å². The largest absolute Gasteiger partial charge is 0.333 e. The van der Waals surface area contributed by atoms with Crippen LogP contribution in [0, 0.1) is 5.92 Å². The van der Waals surface area contributed by atoms with Gasteiger partial charge in [0.25, 0.3) is 0 Å². The van der Waals surface area contributed by atoms with Crippen molar-refractivity contribution < 1.29 is 0 Å². The van der Waals surface area contributed by atoms with E-state index in [9.17, 15) is 0 Å². The van der Waals surface area contributed by atoms with Crippen molar-refractivity contribution in [2.75, 3.05) is 19.6 Å². The molecule has 0 bridgehead atoms. The number of nitrogens with zero attached hydrogens (tertiary/aromatic N) is 4. The van der Waals surface area contributed by atoms with Gasteiger partial charge < -0.3 is 9.47 Å². The molecule has 4 heteroatoms. The molecule has 0 amide bonds. The van der Waals surface area contributed by atoms with Crippen molar-refractivity contribution in [1.82, 2.24) is 19.4 Å². The minimum Gasteiger partial charge on any atom is -0.333 e. The van der Waals surface area contributed by atoms with Crippen LogP contribution in [0.2, 0.25) is 0 Å². The van der Waals surface area contributed by atoms with E-state index in [1.165, 1.54) is 18.7 Å². The average molecular weight is 270 g/mol. The van der Waals surface area contributed by atoms with E-state index in [0.29, 0.717) is 6.04 Å². The van der Waals surface area contributed by atoms with E-state index >= 15 is 0 Å². The molecule has 0 N–H and O–H groups in total. The molecule has 1 aliphatic rings. The summed E-state index contributed by atoms with van der Waals surface area (Å²) in [6.45, 7) is 5.75. The second kappa shape index (κ2) is 6.18. The summed E-state index contributed by atoms with van der Waals surface area (Å²) in [5.41, 5.74) is 1.19. The van der Waals surface area contributed by atoms with Crippen LogP contribution >= 0.6 is 0 Å². The summed E-state index contributed by atoms with van der Waals surface area (Å²) in [6, 6.07) is 6.70. The van der Waals surface area contributed by atoms with E-state index < -0.39 is 0 Å². The Morgan fingerprint density at radius 1 is 1.30 bits per heavy atom. The van der Waals surface area contributed by atoms with Gasteiger partial charge in [0.2, 0.25) is 0 Å². The first-order chi connectivity index (χ1) is 9.83. The van der Waals surface area contributed by atoms with Crippen LogP contribution in [0.3, 0.4) is 0 Å². The number of rotatable bonds is 4. The topological polar surface area (TPSA) is 34.0 Å². The van der Waals surface area contributed by atoms with E-state index in [0.717, 1.165) is 25.4 Å². The first-order valence-electron chi connectivity index (χ1n) is 7.42. The molecule has 4 nitrogen and oxygen atoms in total. The third-order valence-corrected chi connectivity index (χ3v) is 4.32. The van der Waals surface area contributed by atoms with Gasteiger partial charge in [-0.1, -0.05) is 13.0 Å². The summed E-state index contributed by atoms with van der Waals surface area (Å²) in [5.74, 6) is 0.718. The van der Waals surface area contributed by atoms with E-state index in [2.05, 4.69) is 44.7 Å². The molecule has 0 aliphatic carbocycles. The fourth-order valence-corrected chi connectivity index (χ4v) is 2.99. The van der Waals surface area contributed by atoms with Gasteiger partial charge in [0.15, 0.2) is 0 Å². The van der Waals surface area contributed by atoms with Crippen molar-refractivity contribution in [2.45, 2.75) is 25.8 Å². The van der Waals surface area contributed by atoms with Gasteiger partial charge in [-0.15, -0.1) is 0 Å². The first-order valence-corrected chi connectivity index (χ1v) is 7.42. The van der Waals surface area contributed by atoms with Crippen LogP contribution in [0.1, 0.15) is 25.1 Å². The summed E-state index contributed by atoms with van der Waals surface area (Å²) in [5, 5.41) is 0. The fraction of sp³-hybridized carbons (Fsp3) is 0.500. The zero-order valence-corrected chi connectivity index (χ0v) is 12.0. The van der Waals surface area contributed by atoms with Gasteiger partial charge in [-0.3, -0.25) is 4.98 Å². The van der Waals surface area contributed by atoms with Crippen molar-refractivity contribution in [3.05, 3.63) is 48.8 Å². The number of piperidine rings is 1. The molecule has 1 saturated heterocycles. The highest BCUT2D eigenvalue weighted by molar-refractivity contribution is 5.04. The monoisotopic (exact) mass is 270 g/mol. The van der Waals surface area contributed by atoms with Crippen LogP contribution < -0.4 is 0 Å². The summed E-state index contributed by atoms with van der Waals surface area (Å²) < 4.78 is 2.26. The second-order valence-electron chi connectivity index (χ2n) is 5.71. The third kappa shape index (κ3) is 3.07. The Kier molecular flexibility index (Phi) is 4.11. The van der Waals surface area contributed by atoms with Crippen LogP contribution in [0.15, 0.2) is 43.1 Å². The van der Waals surface area contributed by atoms with Crippen LogP contribution in [0.4, 0.5) is 0 Å². The Morgan fingerprint density at radius 3 is 3.00 bits per heavy atom. The molecule has 2 unspecified atom stereocenters. The lowest BCUT2D eigenvalue weighted by atomic mass is 9.93. The molecule has 1 fully saturated rings. The Bertz CT molecular complexity index is 509. The number of hydrogen-bond acceptors (Lipinski definition) is 3.